The maximum Gasteiger partial charge on any atom is 0.250 e. The quantitative estimate of drug-likeness (QED) is 0.789. The summed E-state index contributed by atoms with van der Waals surface area (Å²) in [5.41, 5.74) is 0.464. The fourth-order valence-corrected chi connectivity index (χ4v) is 2.15. The van der Waals surface area contributed by atoms with Crippen LogP contribution in [0.5, 0.6) is 5.75 Å². The Bertz CT molecular complexity index is 679. The summed E-state index contributed by atoms with van der Waals surface area (Å²) in [5, 5.41) is 0. The Labute approximate surface area is 125 Å². The van der Waals surface area contributed by atoms with Crippen LogP contribution >= 0.6 is 15.9 Å². The molecular formula is C15H14BrNO3. The van der Waals surface area contributed by atoms with Crippen molar-refractivity contribution >= 4 is 21.7 Å². The lowest BCUT2D eigenvalue weighted by molar-refractivity contribution is 0.101. The Hall–Kier alpha value is -1.88. The molecule has 0 unspecified atom stereocenters. The molecule has 0 aliphatic heterocycles. The van der Waals surface area contributed by atoms with E-state index in [-0.39, 0.29) is 11.3 Å². The first-order valence-electron chi connectivity index (χ1n) is 6.16. The first-order chi connectivity index (χ1) is 9.58. The van der Waals surface area contributed by atoms with E-state index in [2.05, 4.69) is 15.9 Å². The number of pyridine rings is 1. The number of benzene rings is 1. The van der Waals surface area contributed by atoms with Crippen molar-refractivity contribution < 1.29 is 9.53 Å². The highest BCUT2D eigenvalue weighted by atomic mass is 79.9. The molecule has 0 saturated carbocycles. The SMILES string of the molecule is CC(=O)c1ccc(Br)cc1OCCn1ccccc1=O. The fourth-order valence-electron chi connectivity index (χ4n) is 1.81. The Kier molecular flexibility index (Phi) is 4.74. The molecule has 0 bridgehead atoms. The van der Waals surface area contributed by atoms with E-state index in [9.17, 15) is 9.59 Å². The molecule has 0 radical (unpaired) electrons. The Morgan fingerprint density at radius 2 is 2.10 bits per heavy atom. The minimum atomic E-state index is -0.0721. The third kappa shape index (κ3) is 3.57. The molecule has 104 valence electrons. The number of aromatic nitrogens is 1. The number of nitrogens with zero attached hydrogens (tertiary/aromatic N) is 1. The number of ketones is 1. The van der Waals surface area contributed by atoms with Crippen molar-refractivity contribution in [3.63, 3.8) is 0 Å². The first kappa shape index (κ1) is 14.5. The van der Waals surface area contributed by atoms with E-state index < -0.39 is 0 Å². The van der Waals surface area contributed by atoms with Gasteiger partial charge in [-0.05, 0) is 31.2 Å². The van der Waals surface area contributed by atoms with E-state index in [1.54, 1.807) is 41.1 Å². The number of ether oxygens (including phenoxy) is 1. The van der Waals surface area contributed by atoms with E-state index in [4.69, 9.17) is 4.74 Å². The van der Waals surface area contributed by atoms with Crippen molar-refractivity contribution in [2.45, 2.75) is 13.5 Å². The molecule has 0 aliphatic carbocycles. The van der Waals surface area contributed by atoms with Crippen LogP contribution in [0.25, 0.3) is 0 Å². The van der Waals surface area contributed by atoms with Crippen LogP contribution < -0.4 is 10.3 Å². The van der Waals surface area contributed by atoms with Gasteiger partial charge in [-0.1, -0.05) is 22.0 Å². The minimum Gasteiger partial charge on any atom is -0.491 e. The Morgan fingerprint density at radius 1 is 1.30 bits per heavy atom. The molecule has 0 spiro atoms. The second-order valence-corrected chi connectivity index (χ2v) is 5.19. The van der Waals surface area contributed by atoms with Gasteiger partial charge in [-0.15, -0.1) is 0 Å². The average molecular weight is 336 g/mol. The number of carbonyl (C=O) groups excluding carboxylic acids is 1. The van der Waals surface area contributed by atoms with E-state index in [0.29, 0.717) is 24.5 Å². The van der Waals surface area contributed by atoms with Crippen LogP contribution in [0.1, 0.15) is 17.3 Å². The molecule has 1 aromatic heterocycles. The molecule has 4 nitrogen and oxygen atoms in total. The fraction of sp³-hybridized carbons (Fsp3) is 0.200. The van der Waals surface area contributed by atoms with Crippen LogP contribution in [0.2, 0.25) is 0 Å². The maximum absolute atomic E-state index is 11.5. The second-order valence-electron chi connectivity index (χ2n) is 4.28. The molecule has 0 fully saturated rings. The lowest BCUT2D eigenvalue weighted by Crippen LogP contribution is -2.21. The summed E-state index contributed by atoms with van der Waals surface area (Å²) >= 11 is 3.35. The predicted molar refractivity (Wildman–Crippen MR) is 80.3 cm³/mol. The molecule has 20 heavy (non-hydrogen) atoms. The Balaban J connectivity index is 2.08. The third-order valence-corrected chi connectivity index (χ3v) is 3.30. The van der Waals surface area contributed by atoms with Crippen LogP contribution in [-0.4, -0.2) is 17.0 Å². The molecule has 0 aliphatic rings. The zero-order valence-corrected chi connectivity index (χ0v) is 12.6. The number of hydrogen-bond donors (Lipinski definition) is 0. The summed E-state index contributed by atoms with van der Waals surface area (Å²) in [4.78, 5) is 23.1. The number of halogens is 1. The summed E-state index contributed by atoms with van der Waals surface area (Å²) in [7, 11) is 0. The largest absolute Gasteiger partial charge is 0.491 e. The molecule has 2 rings (SSSR count). The van der Waals surface area contributed by atoms with Gasteiger partial charge in [0.05, 0.1) is 12.1 Å². The minimum absolute atomic E-state index is 0.0515. The van der Waals surface area contributed by atoms with Gasteiger partial charge in [0.2, 0.25) is 0 Å². The Morgan fingerprint density at radius 3 is 2.80 bits per heavy atom. The van der Waals surface area contributed by atoms with E-state index in [0.717, 1.165) is 4.47 Å². The van der Waals surface area contributed by atoms with Crippen molar-refractivity contribution in [2.24, 2.45) is 0 Å². The van der Waals surface area contributed by atoms with E-state index >= 15 is 0 Å². The van der Waals surface area contributed by atoms with Gasteiger partial charge in [0, 0.05) is 16.7 Å². The molecular weight excluding hydrogens is 322 g/mol. The van der Waals surface area contributed by atoms with E-state index in [1.807, 2.05) is 0 Å². The van der Waals surface area contributed by atoms with Gasteiger partial charge in [-0.3, -0.25) is 9.59 Å². The van der Waals surface area contributed by atoms with Crippen molar-refractivity contribution in [1.29, 1.82) is 0 Å². The maximum atomic E-state index is 11.5. The zero-order valence-electron chi connectivity index (χ0n) is 11.0. The standard InChI is InChI=1S/C15H14BrNO3/c1-11(18)13-6-5-12(16)10-14(13)20-9-8-17-7-3-2-4-15(17)19/h2-7,10H,8-9H2,1H3. The number of hydrogen-bond acceptors (Lipinski definition) is 3. The van der Waals surface area contributed by atoms with Crippen LogP contribution in [0.4, 0.5) is 0 Å². The van der Waals surface area contributed by atoms with Crippen LogP contribution in [-0.2, 0) is 6.54 Å². The number of Topliss-reactive ketones (excluding diaryl/α,β-unsaturated/α-hetero) is 1. The molecule has 0 atom stereocenters. The smallest absolute Gasteiger partial charge is 0.250 e. The summed E-state index contributed by atoms with van der Waals surface area (Å²) < 4.78 is 8.03. The molecule has 0 saturated heterocycles. The van der Waals surface area contributed by atoms with Crippen molar-refractivity contribution in [3.05, 3.63) is 63.0 Å². The topological polar surface area (TPSA) is 48.3 Å². The van der Waals surface area contributed by atoms with Crippen LogP contribution in [0.15, 0.2) is 51.9 Å². The summed E-state index contributed by atoms with van der Waals surface area (Å²) in [6.07, 6.45) is 1.71. The van der Waals surface area contributed by atoms with Crippen molar-refractivity contribution in [2.75, 3.05) is 6.61 Å². The third-order valence-electron chi connectivity index (χ3n) is 2.81. The second kappa shape index (κ2) is 6.52. The van der Waals surface area contributed by atoms with Gasteiger partial charge in [0.25, 0.3) is 5.56 Å². The summed E-state index contributed by atoms with van der Waals surface area (Å²) in [6, 6.07) is 10.3. The van der Waals surface area contributed by atoms with Gasteiger partial charge in [-0.25, -0.2) is 0 Å². The zero-order chi connectivity index (χ0) is 14.5. The highest BCUT2D eigenvalue weighted by Gasteiger charge is 2.09. The summed E-state index contributed by atoms with van der Waals surface area (Å²) in [6.45, 7) is 2.25. The highest BCUT2D eigenvalue weighted by molar-refractivity contribution is 9.10. The molecule has 5 heteroatoms. The molecule has 2 aromatic rings. The van der Waals surface area contributed by atoms with Gasteiger partial charge in [0.15, 0.2) is 5.78 Å². The van der Waals surface area contributed by atoms with Crippen molar-refractivity contribution in [1.82, 2.24) is 4.57 Å². The van der Waals surface area contributed by atoms with Crippen LogP contribution in [0.3, 0.4) is 0 Å². The van der Waals surface area contributed by atoms with E-state index in [1.165, 1.54) is 13.0 Å². The normalized spacial score (nSPS) is 10.3. The van der Waals surface area contributed by atoms with Gasteiger partial charge in [0.1, 0.15) is 12.4 Å². The predicted octanol–water partition coefficient (Wildman–Crippen LogP) is 2.89. The molecule has 0 amide bonds. The van der Waals surface area contributed by atoms with Gasteiger partial charge < -0.3 is 9.30 Å². The monoisotopic (exact) mass is 335 g/mol. The number of carbonyl (C=O) groups is 1. The molecule has 0 N–H and O–H groups in total. The lowest BCUT2D eigenvalue weighted by Gasteiger charge is -2.11. The number of rotatable bonds is 5. The van der Waals surface area contributed by atoms with Gasteiger partial charge in [-0.2, -0.15) is 0 Å². The van der Waals surface area contributed by atoms with Crippen molar-refractivity contribution in [3.8, 4) is 5.75 Å². The highest BCUT2D eigenvalue weighted by Crippen LogP contribution is 2.24. The average Bonchev–Trinajstić information content (AvgIpc) is 2.41. The summed E-state index contributed by atoms with van der Waals surface area (Å²) in [5.74, 6) is 0.472. The molecule has 1 aromatic carbocycles. The molecule has 1 heterocycles. The first-order valence-corrected chi connectivity index (χ1v) is 6.96. The lowest BCUT2D eigenvalue weighted by atomic mass is 10.1. The van der Waals surface area contributed by atoms with Crippen LogP contribution in [0, 0.1) is 0 Å². The van der Waals surface area contributed by atoms with Gasteiger partial charge >= 0.3 is 0 Å².